The maximum Gasteiger partial charge on any atom is 0.312 e. The minimum absolute atomic E-state index is 0.210. The highest BCUT2D eigenvalue weighted by Gasteiger charge is 2.30. The molecule has 2 fully saturated rings. The SMILES string of the molecule is O=C(NC1CC1)C(=O)N1CCN(c2ccnc(Cl)c2)CC1. The van der Waals surface area contributed by atoms with Crippen molar-refractivity contribution in [1.29, 1.82) is 0 Å². The second-order valence-corrected chi connectivity index (χ2v) is 5.75. The molecule has 21 heavy (non-hydrogen) atoms. The summed E-state index contributed by atoms with van der Waals surface area (Å²) in [5.41, 5.74) is 0.990. The average molecular weight is 309 g/mol. The number of amides is 2. The molecule has 0 aromatic carbocycles. The predicted molar refractivity (Wildman–Crippen MR) is 79.2 cm³/mol. The van der Waals surface area contributed by atoms with Crippen LogP contribution in [-0.2, 0) is 9.59 Å². The summed E-state index contributed by atoms with van der Waals surface area (Å²) in [7, 11) is 0. The van der Waals surface area contributed by atoms with Gasteiger partial charge >= 0.3 is 11.8 Å². The standard InChI is InChI=1S/C14H17ClN4O2/c15-12-9-11(3-4-16-12)18-5-7-19(8-6-18)14(21)13(20)17-10-1-2-10/h3-4,9-10H,1-2,5-8H2,(H,17,20). The van der Waals surface area contributed by atoms with Gasteiger partial charge in [-0.2, -0.15) is 0 Å². The molecule has 1 N–H and O–H groups in total. The number of aromatic nitrogens is 1. The van der Waals surface area contributed by atoms with Crippen molar-refractivity contribution < 1.29 is 9.59 Å². The van der Waals surface area contributed by atoms with Gasteiger partial charge in [0.1, 0.15) is 5.15 Å². The maximum absolute atomic E-state index is 12.0. The van der Waals surface area contributed by atoms with Gasteiger partial charge in [0.05, 0.1) is 0 Å². The normalized spacial score (nSPS) is 18.5. The highest BCUT2D eigenvalue weighted by molar-refractivity contribution is 6.35. The zero-order valence-corrected chi connectivity index (χ0v) is 12.3. The Morgan fingerprint density at radius 3 is 2.57 bits per heavy atom. The van der Waals surface area contributed by atoms with E-state index in [9.17, 15) is 9.59 Å². The molecule has 0 bridgehead atoms. The third kappa shape index (κ3) is 3.44. The van der Waals surface area contributed by atoms with Crippen molar-refractivity contribution in [3.63, 3.8) is 0 Å². The molecular formula is C14H17ClN4O2. The Hall–Kier alpha value is -1.82. The molecular weight excluding hydrogens is 292 g/mol. The molecule has 2 aliphatic rings. The van der Waals surface area contributed by atoms with E-state index in [2.05, 4.69) is 15.2 Å². The Kier molecular flexibility index (Phi) is 3.96. The maximum atomic E-state index is 12.0. The minimum atomic E-state index is -0.474. The fraction of sp³-hybridized carbons (Fsp3) is 0.500. The number of carbonyl (C=O) groups excluding carboxylic acids is 2. The molecule has 0 unspecified atom stereocenters. The third-order valence-electron chi connectivity index (χ3n) is 3.75. The van der Waals surface area contributed by atoms with Crippen LogP contribution in [0.15, 0.2) is 18.3 Å². The summed E-state index contributed by atoms with van der Waals surface area (Å²) < 4.78 is 0. The lowest BCUT2D eigenvalue weighted by molar-refractivity contribution is -0.146. The van der Waals surface area contributed by atoms with E-state index in [1.807, 2.05) is 6.07 Å². The third-order valence-corrected chi connectivity index (χ3v) is 3.96. The van der Waals surface area contributed by atoms with Crippen LogP contribution in [0.1, 0.15) is 12.8 Å². The average Bonchev–Trinajstić information content (AvgIpc) is 3.30. The summed E-state index contributed by atoms with van der Waals surface area (Å²) in [5.74, 6) is -0.896. The Balaban J connectivity index is 1.54. The summed E-state index contributed by atoms with van der Waals surface area (Å²) in [6, 6.07) is 3.91. The number of hydrogen-bond acceptors (Lipinski definition) is 4. The summed E-state index contributed by atoms with van der Waals surface area (Å²) in [6.07, 6.45) is 3.63. The van der Waals surface area contributed by atoms with Crippen molar-refractivity contribution in [1.82, 2.24) is 15.2 Å². The van der Waals surface area contributed by atoms with E-state index in [1.54, 1.807) is 17.2 Å². The highest BCUT2D eigenvalue weighted by atomic mass is 35.5. The molecule has 0 spiro atoms. The van der Waals surface area contributed by atoms with Gasteiger partial charge in [0.25, 0.3) is 0 Å². The topological polar surface area (TPSA) is 65.5 Å². The van der Waals surface area contributed by atoms with E-state index in [-0.39, 0.29) is 6.04 Å². The number of piperazine rings is 1. The number of nitrogens with zero attached hydrogens (tertiary/aromatic N) is 3. The minimum Gasteiger partial charge on any atom is -0.368 e. The Morgan fingerprint density at radius 2 is 1.95 bits per heavy atom. The summed E-state index contributed by atoms with van der Waals surface area (Å²) in [4.78, 5) is 31.5. The monoisotopic (exact) mass is 308 g/mol. The summed E-state index contributed by atoms with van der Waals surface area (Å²) in [6.45, 7) is 2.44. The fourth-order valence-corrected chi connectivity index (χ4v) is 2.54. The number of rotatable bonds is 2. The molecule has 6 nitrogen and oxygen atoms in total. The van der Waals surface area contributed by atoms with Gasteiger partial charge in [0.2, 0.25) is 0 Å². The second kappa shape index (κ2) is 5.89. The molecule has 1 aromatic heterocycles. The van der Waals surface area contributed by atoms with Gasteiger partial charge in [0.15, 0.2) is 0 Å². The van der Waals surface area contributed by atoms with Gasteiger partial charge in [-0.05, 0) is 25.0 Å². The number of anilines is 1. The largest absolute Gasteiger partial charge is 0.368 e. The van der Waals surface area contributed by atoms with Crippen LogP contribution in [0.4, 0.5) is 5.69 Å². The van der Waals surface area contributed by atoms with Gasteiger partial charge in [-0.25, -0.2) is 4.98 Å². The first-order valence-electron chi connectivity index (χ1n) is 7.10. The molecule has 3 rings (SSSR count). The second-order valence-electron chi connectivity index (χ2n) is 5.36. The van der Waals surface area contributed by atoms with Gasteiger partial charge < -0.3 is 15.1 Å². The lowest BCUT2D eigenvalue weighted by atomic mass is 10.2. The molecule has 2 heterocycles. The molecule has 2 amide bonds. The molecule has 1 aliphatic carbocycles. The zero-order valence-electron chi connectivity index (χ0n) is 11.6. The summed E-state index contributed by atoms with van der Waals surface area (Å²) >= 11 is 5.88. The van der Waals surface area contributed by atoms with E-state index in [1.165, 1.54) is 0 Å². The van der Waals surface area contributed by atoms with Crippen molar-refractivity contribution in [2.24, 2.45) is 0 Å². The quantitative estimate of drug-likeness (QED) is 0.644. The number of halogens is 1. The van der Waals surface area contributed by atoms with E-state index in [0.29, 0.717) is 31.3 Å². The smallest absolute Gasteiger partial charge is 0.312 e. The van der Waals surface area contributed by atoms with Crippen molar-refractivity contribution >= 4 is 29.1 Å². The number of hydrogen-bond donors (Lipinski definition) is 1. The van der Waals surface area contributed by atoms with E-state index < -0.39 is 11.8 Å². The van der Waals surface area contributed by atoms with E-state index in [4.69, 9.17) is 11.6 Å². The van der Waals surface area contributed by atoms with Gasteiger partial charge in [-0.15, -0.1) is 0 Å². The first-order valence-corrected chi connectivity index (χ1v) is 7.47. The predicted octanol–water partition coefficient (Wildman–Crippen LogP) is 0.662. The van der Waals surface area contributed by atoms with Crippen LogP contribution in [-0.4, -0.2) is 53.9 Å². The molecule has 1 saturated carbocycles. The van der Waals surface area contributed by atoms with Crippen molar-refractivity contribution in [2.75, 3.05) is 31.1 Å². The fourth-order valence-electron chi connectivity index (χ4n) is 2.38. The molecule has 112 valence electrons. The van der Waals surface area contributed by atoms with E-state index >= 15 is 0 Å². The van der Waals surface area contributed by atoms with Crippen LogP contribution in [0, 0.1) is 0 Å². The van der Waals surface area contributed by atoms with E-state index in [0.717, 1.165) is 18.5 Å². The summed E-state index contributed by atoms with van der Waals surface area (Å²) in [5, 5.41) is 3.19. The first-order chi connectivity index (χ1) is 10.1. The highest BCUT2D eigenvalue weighted by Crippen LogP contribution is 2.20. The van der Waals surface area contributed by atoms with Crippen LogP contribution in [0.3, 0.4) is 0 Å². The van der Waals surface area contributed by atoms with Crippen LogP contribution in [0.25, 0.3) is 0 Å². The molecule has 7 heteroatoms. The molecule has 0 atom stereocenters. The lowest BCUT2D eigenvalue weighted by Gasteiger charge is -2.35. The van der Waals surface area contributed by atoms with Crippen LogP contribution >= 0.6 is 11.6 Å². The number of nitrogens with one attached hydrogen (secondary N) is 1. The Labute approximate surface area is 128 Å². The molecule has 1 saturated heterocycles. The zero-order chi connectivity index (χ0) is 14.8. The van der Waals surface area contributed by atoms with Crippen molar-refractivity contribution in [2.45, 2.75) is 18.9 Å². The van der Waals surface area contributed by atoms with Crippen LogP contribution in [0.2, 0.25) is 5.15 Å². The Morgan fingerprint density at radius 1 is 1.24 bits per heavy atom. The van der Waals surface area contributed by atoms with Gasteiger partial charge in [0, 0.05) is 44.1 Å². The van der Waals surface area contributed by atoms with Crippen LogP contribution < -0.4 is 10.2 Å². The lowest BCUT2D eigenvalue weighted by Crippen LogP contribution is -2.53. The van der Waals surface area contributed by atoms with Crippen molar-refractivity contribution in [3.05, 3.63) is 23.5 Å². The number of pyridine rings is 1. The molecule has 1 aromatic rings. The molecule has 1 aliphatic heterocycles. The van der Waals surface area contributed by atoms with Gasteiger partial charge in [-0.1, -0.05) is 11.6 Å². The number of carbonyl (C=O) groups is 2. The molecule has 0 radical (unpaired) electrons. The van der Waals surface area contributed by atoms with Gasteiger partial charge in [-0.3, -0.25) is 9.59 Å². The first kappa shape index (κ1) is 14.1. The Bertz CT molecular complexity index is 554. The van der Waals surface area contributed by atoms with Crippen molar-refractivity contribution in [3.8, 4) is 0 Å². The van der Waals surface area contributed by atoms with Crippen LogP contribution in [0.5, 0.6) is 0 Å².